The van der Waals surface area contributed by atoms with E-state index >= 15 is 0 Å². The third-order valence-electron chi connectivity index (χ3n) is 5.96. The summed E-state index contributed by atoms with van der Waals surface area (Å²) in [4.78, 5) is 31.1. The molecule has 1 saturated carbocycles. The van der Waals surface area contributed by atoms with Crippen molar-refractivity contribution in [3.63, 3.8) is 0 Å². The maximum atomic E-state index is 12.5. The molecule has 1 unspecified atom stereocenters. The highest BCUT2D eigenvalue weighted by atomic mass is 16.2. The van der Waals surface area contributed by atoms with Gasteiger partial charge in [0.15, 0.2) is 0 Å². The number of carbonyl (C=O) groups excluding carboxylic acids is 2. The van der Waals surface area contributed by atoms with Gasteiger partial charge in [-0.3, -0.25) is 14.6 Å². The van der Waals surface area contributed by atoms with Gasteiger partial charge in [-0.05, 0) is 56.6 Å². The van der Waals surface area contributed by atoms with Crippen molar-refractivity contribution in [2.75, 3.05) is 19.6 Å². The van der Waals surface area contributed by atoms with Crippen LogP contribution in [0.15, 0.2) is 24.4 Å². The highest BCUT2D eigenvalue weighted by molar-refractivity contribution is 5.83. The number of piperidine rings is 1. The third kappa shape index (κ3) is 6.33. The van der Waals surface area contributed by atoms with Gasteiger partial charge >= 0.3 is 0 Å². The van der Waals surface area contributed by atoms with Crippen molar-refractivity contribution >= 4 is 11.8 Å². The van der Waals surface area contributed by atoms with Gasteiger partial charge in [0.05, 0.1) is 5.92 Å². The first-order valence-electron chi connectivity index (χ1n) is 10.7. The summed E-state index contributed by atoms with van der Waals surface area (Å²) in [6.45, 7) is 2.17. The normalized spacial score (nSPS) is 21.3. The summed E-state index contributed by atoms with van der Waals surface area (Å²) in [5.41, 5.74) is 1.10. The molecule has 0 aromatic carbocycles. The van der Waals surface area contributed by atoms with Crippen LogP contribution in [-0.4, -0.2) is 41.3 Å². The van der Waals surface area contributed by atoms with Gasteiger partial charge in [-0.15, -0.1) is 0 Å². The van der Waals surface area contributed by atoms with E-state index in [0.717, 1.165) is 31.5 Å². The molecule has 0 bridgehead atoms. The number of carbonyl (C=O) groups is 2. The summed E-state index contributed by atoms with van der Waals surface area (Å²) < 4.78 is 0. The minimum absolute atomic E-state index is 0.0397. The Morgan fingerprint density at radius 2 is 2.00 bits per heavy atom. The summed E-state index contributed by atoms with van der Waals surface area (Å²) in [6.07, 6.45) is 12.3. The molecule has 2 heterocycles. The molecule has 3 rings (SSSR count). The monoisotopic (exact) mass is 371 g/mol. The van der Waals surface area contributed by atoms with Crippen LogP contribution in [-0.2, 0) is 16.0 Å². The van der Waals surface area contributed by atoms with Crippen LogP contribution in [0.1, 0.15) is 63.5 Å². The molecule has 2 aliphatic rings. The molecule has 1 N–H and O–H groups in total. The summed E-state index contributed by atoms with van der Waals surface area (Å²) in [7, 11) is 0. The van der Waals surface area contributed by atoms with Crippen molar-refractivity contribution in [2.24, 2.45) is 11.8 Å². The maximum absolute atomic E-state index is 12.5. The van der Waals surface area contributed by atoms with Crippen molar-refractivity contribution in [2.45, 2.75) is 64.2 Å². The van der Waals surface area contributed by atoms with Crippen molar-refractivity contribution in [3.8, 4) is 0 Å². The Labute approximate surface area is 162 Å². The Balaban J connectivity index is 1.35. The predicted octanol–water partition coefficient (Wildman–Crippen LogP) is 3.34. The molecular weight excluding hydrogens is 338 g/mol. The first-order valence-corrected chi connectivity index (χ1v) is 10.7. The first kappa shape index (κ1) is 19.8. The number of nitrogens with one attached hydrogen (secondary N) is 1. The lowest BCUT2D eigenvalue weighted by Gasteiger charge is -2.35. The lowest BCUT2D eigenvalue weighted by Crippen LogP contribution is -2.47. The molecule has 1 atom stereocenters. The van der Waals surface area contributed by atoms with E-state index in [1.165, 1.54) is 32.1 Å². The smallest absolute Gasteiger partial charge is 0.224 e. The molecule has 148 valence electrons. The Morgan fingerprint density at radius 1 is 1.15 bits per heavy atom. The van der Waals surface area contributed by atoms with Gasteiger partial charge in [-0.1, -0.05) is 25.3 Å². The number of hydrogen-bond donors (Lipinski definition) is 1. The predicted molar refractivity (Wildman–Crippen MR) is 106 cm³/mol. The topological polar surface area (TPSA) is 62.3 Å². The fourth-order valence-electron chi connectivity index (χ4n) is 4.32. The molecule has 5 nitrogen and oxygen atoms in total. The van der Waals surface area contributed by atoms with Crippen LogP contribution < -0.4 is 5.32 Å². The summed E-state index contributed by atoms with van der Waals surface area (Å²) in [5.74, 6) is 0.951. The van der Waals surface area contributed by atoms with Crippen molar-refractivity contribution < 1.29 is 9.59 Å². The standard InChI is InChI=1S/C22H33N3O2/c26-21-13-12-19(17-25(21)16-18-8-2-1-3-9-18)22(27)24-15-7-5-11-20-10-4-6-14-23-20/h4,6,10,14,18-19H,1-3,5,7-9,11-13,15-17H2,(H,24,27). The van der Waals surface area contributed by atoms with E-state index < -0.39 is 0 Å². The van der Waals surface area contributed by atoms with E-state index in [2.05, 4.69) is 10.3 Å². The van der Waals surface area contributed by atoms with Gasteiger partial charge in [0, 0.05) is 37.9 Å². The summed E-state index contributed by atoms with van der Waals surface area (Å²) in [6, 6.07) is 5.97. The van der Waals surface area contributed by atoms with Crippen LogP contribution in [0.2, 0.25) is 0 Å². The van der Waals surface area contributed by atoms with Crippen molar-refractivity contribution in [1.29, 1.82) is 0 Å². The Kier molecular flexibility index (Phi) is 7.66. The van der Waals surface area contributed by atoms with Gasteiger partial charge in [-0.25, -0.2) is 0 Å². The van der Waals surface area contributed by atoms with Crippen LogP contribution in [0.3, 0.4) is 0 Å². The molecule has 27 heavy (non-hydrogen) atoms. The molecule has 1 aliphatic carbocycles. The van der Waals surface area contributed by atoms with Crippen LogP contribution >= 0.6 is 0 Å². The van der Waals surface area contributed by atoms with Crippen LogP contribution in [0.5, 0.6) is 0 Å². The Morgan fingerprint density at radius 3 is 2.78 bits per heavy atom. The molecule has 5 heteroatoms. The van der Waals surface area contributed by atoms with E-state index in [0.29, 0.717) is 31.8 Å². The second kappa shape index (κ2) is 10.4. The van der Waals surface area contributed by atoms with E-state index in [1.54, 1.807) is 0 Å². The number of unbranched alkanes of at least 4 members (excludes halogenated alkanes) is 1. The second-order valence-electron chi connectivity index (χ2n) is 8.11. The fourth-order valence-corrected chi connectivity index (χ4v) is 4.32. The van der Waals surface area contributed by atoms with Crippen LogP contribution in [0.4, 0.5) is 0 Å². The number of rotatable bonds is 8. The van der Waals surface area contributed by atoms with Gasteiger partial charge in [-0.2, -0.15) is 0 Å². The SMILES string of the molecule is O=C(NCCCCc1ccccn1)C1CCC(=O)N(CC2CCCCC2)C1. The summed E-state index contributed by atoms with van der Waals surface area (Å²) >= 11 is 0. The lowest BCUT2D eigenvalue weighted by atomic mass is 9.87. The number of aryl methyl sites for hydroxylation is 1. The maximum Gasteiger partial charge on any atom is 0.224 e. The third-order valence-corrected chi connectivity index (χ3v) is 5.96. The number of hydrogen-bond acceptors (Lipinski definition) is 3. The van der Waals surface area contributed by atoms with Crippen LogP contribution in [0.25, 0.3) is 0 Å². The summed E-state index contributed by atoms with van der Waals surface area (Å²) in [5, 5.41) is 3.08. The Bertz CT molecular complexity index is 599. The Hall–Kier alpha value is -1.91. The number of nitrogens with zero attached hydrogens (tertiary/aromatic N) is 2. The van der Waals surface area contributed by atoms with Gasteiger partial charge in [0.1, 0.15) is 0 Å². The first-order chi connectivity index (χ1) is 13.2. The quantitative estimate of drug-likeness (QED) is 0.713. The van der Waals surface area contributed by atoms with Crippen molar-refractivity contribution in [3.05, 3.63) is 30.1 Å². The van der Waals surface area contributed by atoms with E-state index in [9.17, 15) is 9.59 Å². The molecule has 2 fully saturated rings. The van der Waals surface area contributed by atoms with Gasteiger partial charge < -0.3 is 10.2 Å². The minimum Gasteiger partial charge on any atom is -0.356 e. The van der Waals surface area contributed by atoms with Gasteiger partial charge in [0.25, 0.3) is 0 Å². The van der Waals surface area contributed by atoms with E-state index in [1.807, 2.05) is 29.3 Å². The lowest BCUT2D eigenvalue weighted by molar-refractivity contribution is -0.139. The molecular formula is C22H33N3O2. The zero-order valence-corrected chi connectivity index (χ0v) is 16.4. The number of aromatic nitrogens is 1. The van der Waals surface area contributed by atoms with E-state index in [4.69, 9.17) is 0 Å². The zero-order chi connectivity index (χ0) is 18.9. The average Bonchev–Trinajstić information content (AvgIpc) is 2.71. The van der Waals surface area contributed by atoms with Gasteiger partial charge in [0.2, 0.25) is 11.8 Å². The molecule has 1 aromatic rings. The molecule has 1 aliphatic heterocycles. The molecule has 0 radical (unpaired) electrons. The fraction of sp³-hybridized carbons (Fsp3) is 0.682. The number of amides is 2. The molecule has 1 aromatic heterocycles. The number of likely N-dealkylation sites (tertiary alicyclic amines) is 1. The second-order valence-corrected chi connectivity index (χ2v) is 8.11. The highest BCUT2D eigenvalue weighted by Gasteiger charge is 2.31. The number of pyridine rings is 1. The molecule has 2 amide bonds. The minimum atomic E-state index is -0.0397. The average molecular weight is 372 g/mol. The highest BCUT2D eigenvalue weighted by Crippen LogP contribution is 2.27. The zero-order valence-electron chi connectivity index (χ0n) is 16.4. The van der Waals surface area contributed by atoms with E-state index in [-0.39, 0.29) is 17.7 Å². The van der Waals surface area contributed by atoms with Crippen LogP contribution in [0, 0.1) is 11.8 Å². The molecule has 1 saturated heterocycles. The van der Waals surface area contributed by atoms with Crippen molar-refractivity contribution in [1.82, 2.24) is 15.2 Å². The molecule has 0 spiro atoms. The largest absolute Gasteiger partial charge is 0.356 e.